The Morgan fingerprint density at radius 1 is 0.724 bits per heavy atom. The third-order valence-electron chi connectivity index (χ3n) is 4.68. The fourth-order valence-corrected chi connectivity index (χ4v) is 3.13. The lowest BCUT2D eigenvalue weighted by atomic mass is 9.99. The molecule has 6 nitrogen and oxygen atoms in total. The summed E-state index contributed by atoms with van der Waals surface area (Å²) < 4.78 is 0. The molecule has 4 N–H and O–H groups in total. The summed E-state index contributed by atoms with van der Waals surface area (Å²) in [4.78, 5) is 13.0. The molecule has 0 aliphatic rings. The van der Waals surface area contributed by atoms with Gasteiger partial charge in [0, 0.05) is 6.20 Å². The first-order valence-electron chi connectivity index (χ1n) is 9.38. The van der Waals surface area contributed by atoms with Gasteiger partial charge in [-0.25, -0.2) is 15.0 Å². The van der Waals surface area contributed by atoms with Crippen LogP contribution < -0.4 is 16.4 Å². The van der Waals surface area contributed by atoms with Crippen molar-refractivity contribution in [1.82, 2.24) is 15.0 Å². The highest BCUT2D eigenvalue weighted by Crippen LogP contribution is 2.31. The Bertz CT molecular complexity index is 1040. The summed E-state index contributed by atoms with van der Waals surface area (Å²) >= 11 is 0. The topological polar surface area (TPSA) is 88.8 Å². The molecule has 144 valence electrons. The van der Waals surface area contributed by atoms with E-state index >= 15 is 0 Å². The van der Waals surface area contributed by atoms with Crippen LogP contribution in [0.4, 0.5) is 23.1 Å². The van der Waals surface area contributed by atoms with Crippen LogP contribution in [-0.4, -0.2) is 15.0 Å². The summed E-state index contributed by atoms with van der Waals surface area (Å²) in [6.45, 7) is 1.98. The van der Waals surface area contributed by atoms with Crippen molar-refractivity contribution in [3.8, 4) is 0 Å². The predicted molar refractivity (Wildman–Crippen MR) is 117 cm³/mol. The molecular formula is C23H22N6. The minimum Gasteiger partial charge on any atom is -0.393 e. The van der Waals surface area contributed by atoms with Crippen LogP contribution in [0.15, 0.2) is 85.3 Å². The van der Waals surface area contributed by atoms with Crippen LogP contribution in [0.25, 0.3) is 0 Å². The predicted octanol–water partition coefficient (Wildman–Crippen LogP) is 4.71. The summed E-state index contributed by atoms with van der Waals surface area (Å²) in [6, 6.07) is 24.2. The molecule has 6 heteroatoms. The van der Waals surface area contributed by atoms with Gasteiger partial charge in [-0.3, -0.25) is 0 Å². The number of nitrogens with zero attached hydrogens (tertiary/aromatic N) is 3. The summed E-state index contributed by atoms with van der Waals surface area (Å²) in [6.07, 6.45) is 3.22. The van der Waals surface area contributed by atoms with E-state index in [1.165, 1.54) is 6.33 Å². The van der Waals surface area contributed by atoms with Crippen molar-refractivity contribution >= 4 is 23.1 Å². The summed E-state index contributed by atoms with van der Waals surface area (Å²) in [5.41, 5.74) is 10.1. The van der Waals surface area contributed by atoms with E-state index in [9.17, 15) is 0 Å². The van der Waals surface area contributed by atoms with Gasteiger partial charge in [0.15, 0.2) is 11.6 Å². The molecule has 0 spiro atoms. The number of rotatable bonds is 6. The van der Waals surface area contributed by atoms with E-state index in [-0.39, 0.29) is 6.04 Å². The van der Waals surface area contributed by atoms with E-state index in [1.54, 1.807) is 6.20 Å². The zero-order valence-corrected chi connectivity index (χ0v) is 16.1. The van der Waals surface area contributed by atoms with Crippen molar-refractivity contribution < 1.29 is 0 Å². The molecule has 0 saturated carbocycles. The Hall–Kier alpha value is -3.93. The normalized spacial score (nSPS) is 10.7. The zero-order valence-electron chi connectivity index (χ0n) is 16.1. The van der Waals surface area contributed by atoms with E-state index in [4.69, 9.17) is 5.73 Å². The number of aryl methyl sites for hydroxylation is 1. The molecule has 0 unspecified atom stereocenters. The Labute approximate surface area is 169 Å². The smallest absolute Gasteiger partial charge is 0.160 e. The van der Waals surface area contributed by atoms with Crippen LogP contribution in [0.1, 0.15) is 22.7 Å². The molecule has 0 radical (unpaired) electrons. The van der Waals surface area contributed by atoms with Gasteiger partial charge in [0.05, 0.1) is 6.04 Å². The number of hydrogen-bond donors (Lipinski definition) is 3. The van der Waals surface area contributed by atoms with Gasteiger partial charge in [-0.15, -0.1) is 0 Å². The third kappa shape index (κ3) is 4.16. The van der Waals surface area contributed by atoms with Gasteiger partial charge in [0.1, 0.15) is 17.8 Å². The van der Waals surface area contributed by atoms with Crippen LogP contribution in [0.2, 0.25) is 0 Å². The summed E-state index contributed by atoms with van der Waals surface area (Å²) in [5, 5.41) is 6.69. The second-order valence-electron chi connectivity index (χ2n) is 6.68. The molecule has 0 bridgehead atoms. The van der Waals surface area contributed by atoms with Crippen molar-refractivity contribution in [1.29, 1.82) is 0 Å². The quantitative estimate of drug-likeness (QED) is 0.448. The molecule has 0 atom stereocenters. The average Bonchev–Trinajstić information content (AvgIpc) is 2.77. The SMILES string of the molecule is Cc1cccnc1Nc1ncnc(NC(c2ccccc2)c2ccccc2)c1N. The molecule has 0 fully saturated rings. The first kappa shape index (κ1) is 18.4. The average molecular weight is 382 g/mol. The number of nitrogen functional groups attached to an aromatic ring is 1. The summed E-state index contributed by atoms with van der Waals surface area (Å²) in [7, 11) is 0. The standard InChI is InChI=1S/C23H22N6/c1-16-9-8-14-25-21(16)29-23-19(24)22(26-15-27-23)28-20(17-10-4-2-5-11-17)18-12-6-3-7-13-18/h2-15,20H,24H2,1H3,(H2,25,26,27,28,29). The van der Waals surface area contributed by atoms with Crippen LogP contribution in [0, 0.1) is 6.92 Å². The molecule has 0 aliphatic carbocycles. The molecule has 29 heavy (non-hydrogen) atoms. The highest BCUT2D eigenvalue weighted by Gasteiger charge is 2.17. The van der Waals surface area contributed by atoms with E-state index < -0.39 is 0 Å². The molecule has 2 aromatic carbocycles. The van der Waals surface area contributed by atoms with Gasteiger partial charge >= 0.3 is 0 Å². The number of nitrogens with one attached hydrogen (secondary N) is 2. The van der Waals surface area contributed by atoms with Crippen LogP contribution in [-0.2, 0) is 0 Å². The first-order valence-corrected chi connectivity index (χ1v) is 9.38. The number of benzene rings is 2. The maximum Gasteiger partial charge on any atom is 0.160 e. The summed E-state index contributed by atoms with van der Waals surface area (Å²) in [5.74, 6) is 1.80. The maximum absolute atomic E-state index is 6.41. The number of nitrogens with two attached hydrogens (primary N) is 1. The monoisotopic (exact) mass is 382 g/mol. The van der Waals surface area contributed by atoms with E-state index in [0.29, 0.717) is 23.1 Å². The van der Waals surface area contributed by atoms with Gasteiger partial charge in [-0.05, 0) is 29.7 Å². The van der Waals surface area contributed by atoms with Crippen molar-refractivity contribution in [3.05, 3.63) is 102 Å². The Morgan fingerprint density at radius 2 is 1.34 bits per heavy atom. The molecule has 0 saturated heterocycles. The molecule has 0 aliphatic heterocycles. The molecular weight excluding hydrogens is 360 g/mol. The fraction of sp³-hybridized carbons (Fsp3) is 0.0870. The van der Waals surface area contributed by atoms with Gasteiger partial charge in [0.25, 0.3) is 0 Å². The molecule has 0 amide bonds. The number of pyridine rings is 1. The van der Waals surface area contributed by atoms with Crippen molar-refractivity contribution in [3.63, 3.8) is 0 Å². The van der Waals surface area contributed by atoms with E-state index in [2.05, 4.69) is 49.9 Å². The Kier molecular flexibility index (Phi) is 5.33. The van der Waals surface area contributed by atoms with Gasteiger partial charge < -0.3 is 16.4 Å². The molecule has 2 aromatic heterocycles. The lowest BCUT2D eigenvalue weighted by Crippen LogP contribution is -2.15. The zero-order chi connectivity index (χ0) is 20.1. The number of anilines is 4. The first-order chi connectivity index (χ1) is 14.2. The highest BCUT2D eigenvalue weighted by atomic mass is 15.1. The van der Waals surface area contributed by atoms with Crippen LogP contribution in [0.3, 0.4) is 0 Å². The van der Waals surface area contributed by atoms with E-state index in [1.807, 2.05) is 55.5 Å². The Balaban J connectivity index is 1.67. The van der Waals surface area contributed by atoms with Crippen LogP contribution >= 0.6 is 0 Å². The van der Waals surface area contributed by atoms with E-state index in [0.717, 1.165) is 16.7 Å². The molecule has 4 aromatic rings. The number of hydrogen-bond acceptors (Lipinski definition) is 6. The minimum atomic E-state index is -0.0981. The maximum atomic E-state index is 6.41. The second kappa shape index (κ2) is 8.39. The highest BCUT2D eigenvalue weighted by molar-refractivity contribution is 5.77. The van der Waals surface area contributed by atoms with Crippen molar-refractivity contribution in [2.45, 2.75) is 13.0 Å². The minimum absolute atomic E-state index is 0.0981. The largest absolute Gasteiger partial charge is 0.393 e. The molecule has 2 heterocycles. The van der Waals surface area contributed by atoms with Gasteiger partial charge in [0.2, 0.25) is 0 Å². The number of aromatic nitrogens is 3. The second-order valence-corrected chi connectivity index (χ2v) is 6.68. The van der Waals surface area contributed by atoms with Crippen LogP contribution in [0.5, 0.6) is 0 Å². The van der Waals surface area contributed by atoms with Crippen molar-refractivity contribution in [2.75, 3.05) is 16.4 Å². The third-order valence-corrected chi connectivity index (χ3v) is 4.68. The van der Waals surface area contributed by atoms with Crippen molar-refractivity contribution in [2.24, 2.45) is 0 Å². The lowest BCUT2D eigenvalue weighted by Gasteiger charge is -2.22. The van der Waals surface area contributed by atoms with Gasteiger partial charge in [-0.2, -0.15) is 0 Å². The fourth-order valence-electron chi connectivity index (χ4n) is 3.13. The lowest BCUT2D eigenvalue weighted by molar-refractivity contribution is 0.924. The molecule has 4 rings (SSSR count). The van der Waals surface area contributed by atoms with Gasteiger partial charge in [-0.1, -0.05) is 66.7 Å². The Morgan fingerprint density at radius 3 is 1.97 bits per heavy atom.